The Morgan fingerprint density at radius 3 is 2.71 bits per heavy atom. The summed E-state index contributed by atoms with van der Waals surface area (Å²) in [6, 6.07) is 5.22. The van der Waals surface area contributed by atoms with Crippen molar-refractivity contribution in [1.29, 1.82) is 0 Å². The van der Waals surface area contributed by atoms with Crippen molar-refractivity contribution in [3.63, 3.8) is 0 Å². The van der Waals surface area contributed by atoms with E-state index in [4.69, 9.17) is 0 Å². The number of hydrogen-bond donors (Lipinski definition) is 1. The molecule has 1 N–H and O–H groups in total. The van der Waals surface area contributed by atoms with E-state index in [9.17, 15) is 10.1 Å². The van der Waals surface area contributed by atoms with Gasteiger partial charge in [0.15, 0.2) is 0 Å². The number of benzene rings is 1. The van der Waals surface area contributed by atoms with E-state index in [0.717, 1.165) is 29.7 Å². The number of nitro groups is 1. The Labute approximate surface area is 134 Å². The summed E-state index contributed by atoms with van der Waals surface area (Å²) >= 11 is 3.28. The van der Waals surface area contributed by atoms with Gasteiger partial charge in [0.25, 0.3) is 5.69 Å². The lowest BCUT2D eigenvalue weighted by atomic mass is 9.80. The van der Waals surface area contributed by atoms with E-state index in [1.807, 2.05) is 12.1 Å². The summed E-state index contributed by atoms with van der Waals surface area (Å²) in [5, 5.41) is 14.5. The Morgan fingerprint density at radius 1 is 1.43 bits per heavy atom. The second kappa shape index (κ2) is 6.85. The van der Waals surface area contributed by atoms with Gasteiger partial charge in [-0.3, -0.25) is 10.1 Å². The number of halogens is 1. The fraction of sp³-hybridized carbons (Fsp3) is 0.600. The van der Waals surface area contributed by atoms with Crippen LogP contribution in [0.15, 0.2) is 22.7 Å². The molecule has 1 saturated heterocycles. The number of rotatable bonds is 5. The maximum Gasteiger partial charge on any atom is 0.275 e. The van der Waals surface area contributed by atoms with Gasteiger partial charge >= 0.3 is 0 Å². The number of nitrogens with zero attached hydrogens (tertiary/aromatic N) is 2. The van der Waals surface area contributed by atoms with Crippen LogP contribution in [0.1, 0.15) is 25.3 Å². The third-order valence-corrected chi connectivity index (χ3v) is 4.80. The van der Waals surface area contributed by atoms with Crippen LogP contribution in [0.4, 0.5) is 5.69 Å². The maximum absolute atomic E-state index is 11.1. The first-order chi connectivity index (χ1) is 9.89. The molecule has 0 spiro atoms. The van der Waals surface area contributed by atoms with E-state index < -0.39 is 0 Å². The Bertz CT molecular complexity index is 514. The van der Waals surface area contributed by atoms with E-state index in [0.29, 0.717) is 6.54 Å². The molecule has 6 heteroatoms. The van der Waals surface area contributed by atoms with Gasteiger partial charge < -0.3 is 10.2 Å². The molecule has 1 aliphatic rings. The highest BCUT2D eigenvalue weighted by Crippen LogP contribution is 2.30. The molecule has 0 bridgehead atoms. The lowest BCUT2D eigenvalue weighted by Gasteiger charge is -2.38. The molecule has 5 nitrogen and oxygen atoms in total. The van der Waals surface area contributed by atoms with Gasteiger partial charge in [-0.15, -0.1) is 0 Å². The van der Waals surface area contributed by atoms with Gasteiger partial charge in [-0.25, -0.2) is 0 Å². The zero-order valence-corrected chi connectivity index (χ0v) is 14.1. The minimum atomic E-state index is -0.320. The van der Waals surface area contributed by atoms with Crippen LogP contribution in [0, 0.1) is 15.5 Å². The predicted molar refractivity (Wildman–Crippen MR) is 87.3 cm³/mol. The third kappa shape index (κ3) is 4.49. The number of nitrogens with one attached hydrogen (secondary N) is 1. The van der Waals surface area contributed by atoms with Crippen molar-refractivity contribution in [1.82, 2.24) is 10.2 Å². The fourth-order valence-corrected chi connectivity index (χ4v) is 3.04. The molecule has 0 aromatic heterocycles. The number of hydrogen-bond acceptors (Lipinski definition) is 4. The zero-order chi connectivity index (χ0) is 15.5. The standard InChI is InChI=1S/C15H22BrN3O2/c1-15(5-7-18(2)8-6-15)11-17-10-12-3-4-13(16)9-14(12)19(20)21/h3-4,9,17H,5-8,10-11H2,1-2H3. The van der Waals surface area contributed by atoms with Crippen LogP contribution in [0.5, 0.6) is 0 Å². The average Bonchev–Trinajstić information content (AvgIpc) is 2.44. The predicted octanol–water partition coefficient (Wildman–Crippen LogP) is 3.18. The minimum absolute atomic E-state index is 0.172. The zero-order valence-electron chi connectivity index (χ0n) is 12.6. The van der Waals surface area contributed by atoms with Crippen LogP contribution in [0.25, 0.3) is 0 Å². The molecule has 1 aliphatic heterocycles. The molecule has 1 aromatic rings. The monoisotopic (exact) mass is 355 g/mol. The first-order valence-corrected chi connectivity index (χ1v) is 8.01. The van der Waals surface area contributed by atoms with Crippen molar-refractivity contribution < 1.29 is 4.92 Å². The molecule has 0 unspecified atom stereocenters. The van der Waals surface area contributed by atoms with Crippen LogP contribution in [0.2, 0.25) is 0 Å². The minimum Gasteiger partial charge on any atom is -0.312 e. The SMILES string of the molecule is CN1CCC(C)(CNCc2ccc(Br)cc2[N+](=O)[O-])CC1. The van der Waals surface area contributed by atoms with Crippen molar-refractivity contribution in [2.45, 2.75) is 26.3 Å². The van der Waals surface area contributed by atoms with Crippen molar-refractivity contribution >= 4 is 21.6 Å². The lowest BCUT2D eigenvalue weighted by Crippen LogP contribution is -2.41. The number of piperidine rings is 1. The van der Waals surface area contributed by atoms with Crippen LogP contribution in [0.3, 0.4) is 0 Å². The topological polar surface area (TPSA) is 58.4 Å². The summed E-state index contributed by atoms with van der Waals surface area (Å²) in [7, 11) is 2.15. The first-order valence-electron chi connectivity index (χ1n) is 7.22. The van der Waals surface area contributed by atoms with Crippen LogP contribution < -0.4 is 5.32 Å². The van der Waals surface area contributed by atoms with Crippen LogP contribution >= 0.6 is 15.9 Å². The van der Waals surface area contributed by atoms with E-state index in [2.05, 4.69) is 40.1 Å². The lowest BCUT2D eigenvalue weighted by molar-refractivity contribution is -0.385. The Balaban J connectivity index is 1.93. The largest absolute Gasteiger partial charge is 0.312 e. The molecule has 0 atom stereocenters. The van der Waals surface area contributed by atoms with E-state index in [1.165, 1.54) is 12.8 Å². The second-order valence-electron chi connectivity index (χ2n) is 6.25. The Hall–Kier alpha value is -0.980. The fourth-order valence-electron chi connectivity index (χ4n) is 2.69. The average molecular weight is 356 g/mol. The number of likely N-dealkylation sites (tertiary alicyclic amines) is 1. The molecule has 2 rings (SSSR count). The molecule has 1 aromatic carbocycles. The second-order valence-corrected chi connectivity index (χ2v) is 7.16. The quantitative estimate of drug-likeness (QED) is 0.650. The highest BCUT2D eigenvalue weighted by Gasteiger charge is 2.28. The van der Waals surface area contributed by atoms with Gasteiger partial charge in [0.05, 0.1) is 4.92 Å². The van der Waals surface area contributed by atoms with Crippen molar-refractivity contribution in [3.05, 3.63) is 38.3 Å². The van der Waals surface area contributed by atoms with Crippen LogP contribution in [-0.4, -0.2) is 36.5 Å². The molecule has 1 heterocycles. The van der Waals surface area contributed by atoms with Crippen LogP contribution in [-0.2, 0) is 6.54 Å². The summed E-state index contributed by atoms with van der Waals surface area (Å²) in [4.78, 5) is 13.1. The summed E-state index contributed by atoms with van der Waals surface area (Å²) in [5.74, 6) is 0. The summed E-state index contributed by atoms with van der Waals surface area (Å²) < 4.78 is 0.736. The molecule has 0 aliphatic carbocycles. The third-order valence-electron chi connectivity index (χ3n) is 4.31. The highest BCUT2D eigenvalue weighted by molar-refractivity contribution is 9.10. The highest BCUT2D eigenvalue weighted by atomic mass is 79.9. The summed E-state index contributed by atoms with van der Waals surface area (Å²) in [6.07, 6.45) is 2.33. The first kappa shape index (κ1) is 16.4. The molecular formula is C15H22BrN3O2. The smallest absolute Gasteiger partial charge is 0.275 e. The molecule has 0 saturated carbocycles. The number of nitro benzene ring substituents is 1. The van der Waals surface area contributed by atoms with E-state index >= 15 is 0 Å². The molecule has 0 radical (unpaired) electrons. The Morgan fingerprint density at radius 2 is 2.10 bits per heavy atom. The van der Waals surface area contributed by atoms with E-state index in [-0.39, 0.29) is 16.0 Å². The van der Waals surface area contributed by atoms with Gasteiger partial charge in [0, 0.05) is 29.2 Å². The van der Waals surface area contributed by atoms with Gasteiger partial charge in [-0.1, -0.05) is 22.9 Å². The van der Waals surface area contributed by atoms with Crippen molar-refractivity contribution in [2.75, 3.05) is 26.7 Å². The summed E-state index contributed by atoms with van der Waals surface area (Å²) in [6.45, 7) is 5.97. The summed E-state index contributed by atoms with van der Waals surface area (Å²) in [5.41, 5.74) is 1.20. The van der Waals surface area contributed by atoms with Gasteiger partial charge in [0.2, 0.25) is 0 Å². The van der Waals surface area contributed by atoms with Gasteiger partial charge in [0.1, 0.15) is 0 Å². The van der Waals surface area contributed by atoms with Crippen molar-refractivity contribution in [3.8, 4) is 0 Å². The Kier molecular flexibility index (Phi) is 5.35. The van der Waals surface area contributed by atoms with Gasteiger partial charge in [-0.2, -0.15) is 0 Å². The maximum atomic E-state index is 11.1. The molecule has 21 heavy (non-hydrogen) atoms. The normalized spacial score (nSPS) is 18.6. The molecule has 116 valence electrons. The van der Waals surface area contributed by atoms with E-state index in [1.54, 1.807) is 6.07 Å². The molecule has 1 fully saturated rings. The molecule has 0 amide bonds. The molecular weight excluding hydrogens is 334 g/mol. The van der Waals surface area contributed by atoms with Crippen molar-refractivity contribution in [2.24, 2.45) is 5.41 Å². The van der Waals surface area contributed by atoms with Gasteiger partial charge in [-0.05, 0) is 50.5 Å².